The van der Waals surface area contributed by atoms with Gasteiger partial charge in [0.15, 0.2) is 5.82 Å². The van der Waals surface area contributed by atoms with Crippen molar-refractivity contribution in [3.63, 3.8) is 0 Å². The average molecular weight is 250 g/mol. The Hall–Kier alpha value is -0.740. The van der Waals surface area contributed by atoms with Crippen LogP contribution in [0.1, 0.15) is 36.4 Å². The lowest BCUT2D eigenvalue weighted by molar-refractivity contribution is 0.146. The first kappa shape index (κ1) is 11.7. The summed E-state index contributed by atoms with van der Waals surface area (Å²) in [4.78, 5) is 0. The van der Waals surface area contributed by atoms with E-state index in [2.05, 4.69) is 5.32 Å². The highest BCUT2D eigenvalue weighted by Crippen LogP contribution is 2.32. The van der Waals surface area contributed by atoms with Gasteiger partial charge < -0.3 is 5.32 Å². The van der Waals surface area contributed by atoms with Gasteiger partial charge in [0, 0.05) is 6.04 Å². The van der Waals surface area contributed by atoms with E-state index in [9.17, 15) is 13.2 Å². The predicted octanol–water partition coefficient (Wildman–Crippen LogP) is 3.84. The van der Waals surface area contributed by atoms with Gasteiger partial charge in [0.05, 0.1) is 10.6 Å². The fourth-order valence-corrected chi connectivity index (χ4v) is 2.20. The highest BCUT2D eigenvalue weighted by molar-refractivity contribution is 6.30. The van der Waals surface area contributed by atoms with Crippen molar-refractivity contribution in [3.05, 3.63) is 34.1 Å². The Kier molecular flexibility index (Phi) is 3.40. The topological polar surface area (TPSA) is 12.0 Å². The van der Waals surface area contributed by atoms with Crippen molar-refractivity contribution in [2.75, 3.05) is 6.54 Å². The Bertz CT molecular complexity index is 389. The van der Waals surface area contributed by atoms with Crippen LogP contribution in [0, 0.1) is 5.82 Å². The van der Waals surface area contributed by atoms with Crippen LogP contribution in [-0.2, 0) is 0 Å². The molecular weight excluding hydrogens is 239 g/mol. The SMILES string of the molecule is Fc1c(Cl)cc([C@@H]2CCCN2)cc1C(F)F. The van der Waals surface area contributed by atoms with Crippen LogP contribution >= 0.6 is 11.6 Å². The molecule has 1 saturated heterocycles. The van der Waals surface area contributed by atoms with Gasteiger partial charge in [-0.3, -0.25) is 0 Å². The van der Waals surface area contributed by atoms with Crippen molar-refractivity contribution in [1.29, 1.82) is 0 Å². The Morgan fingerprint density at radius 2 is 2.12 bits per heavy atom. The Morgan fingerprint density at radius 1 is 1.38 bits per heavy atom. The molecule has 0 aliphatic carbocycles. The van der Waals surface area contributed by atoms with Crippen molar-refractivity contribution in [2.45, 2.75) is 25.3 Å². The van der Waals surface area contributed by atoms with Gasteiger partial charge in [-0.25, -0.2) is 13.2 Å². The number of rotatable bonds is 2. The molecule has 1 fully saturated rings. The van der Waals surface area contributed by atoms with E-state index in [-0.39, 0.29) is 11.1 Å². The van der Waals surface area contributed by atoms with Crippen molar-refractivity contribution in [3.8, 4) is 0 Å². The summed E-state index contributed by atoms with van der Waals surface area (Å²) in [6.07, 6.45) is -0.979. The first-order chi connectivity index (χ1) is 7.59. The molecule has 1 heterocycles. The summed E-state index contributed by atoms with van der Waals surface area (Å²) in [6, 6.07) is 2.64. The number of halogens is 4. The monoisotopic (exact) mass is 249 g/mol. The molecule has 16 heavy (non-hydrogen) atoms. The van der Waals surface area contributed by atoms with E-state index < -0.39 is 17.8 Å². The zero-order valence-electron chi connectivity index (χ0n) is 8.44. The number of hydrogen-bond donors (Lipinski definition) is 1. The lowest BCUT2D eigenvalue weighted by atomic mass is 10.0. The van der Waals surface area contributed by atoms with Crippen LogP contribution in [0.2, 0.25) is 5.02 Å². The molecule has 1 aromatic carbocycles. The van der Waals surface area contributed by atoms with Gasteiger partial charge in [0.25, 0.3) is 6.43 Å². The van der Waals surface area contributed by atoms with Crippen molar-refractivity contribution in [1.82, 2.24) is 5.32 Å². The van der Waals surface area contributed by atoms with Gasteiger partial charge >= 0.3 is 0 Å². The summed E-state index contributed by atoms with van der Waals surface area (Å²) >= 11 is 5.61. The minimum atomic E-state index is -2.83. The first-order valence-corrected chi connectivity index (χ1v) is 5.47. The molecule has 1 aromatic rings. The smallest absolute Gasteiger partial charge is 0.266 e. The molecule has 1 nitrogen and oxygen atoms in total. The zero-order valence-corrected chi connectivity index (χ0v) is 9.20. The van der Waals surface area contributed by atoms with Gasteiger partial charge in [-0.05, 0) is 37.1 Å². The summed E-state index contributed by atoms with van der Waals surface area (Å²) < 4.78 is 38.4. The fraction of sp³-hybridized carbons (Fsp3) is 0.455. The molecule has 2 rings (SSSR count). The molecule has 5 heteroatoms. The Labute approximate surface area is 96.6 Å². The van der Waals surface area contributed by atoms with E-state index >= 15 is 0 Å². The Balaban J connectivity index is 2.39. The molecule has 0 bridgehead atoms. The molecule has 1 aliphatic rings. The minimum absolute atomic E-state index is 0.00981. The maximum Gasteiger partial charge on any atom is 0.266 e. The second kappa shape index (κ2) is 4.63. The third-order valence-corrected chi connectivity index (χ3v) is 3.05. The van der Waals surface area contributed by atoms with Crippen LogP contribution in [0.3, 0.4) is 0 Å². The van der Waals surface area contributed by atoms with Gasteiger partial charge in [-0.1, -0.05) is 11.6 Å². The van der Waals surface area contributed by atoms with Crippen molar-refractivity contribution < 1.29 is 13.2 Å². The highest BCUT2D eigenvalue weighted by Gasteiger charge is 2.22. The third kappa shape index (κ3) is 2.18. The predicted molar refractivity (Wildman–Crippen MR) is 56.3 cm³/mol. The average Bonchev–Trinajstić information content (AvgIpc) is 2.74. The van der Waals surface area contributed by atoms with Crippen LogP contribution in [0.4, 0.5) is 13.2 Å². The molecule has 88 valence electrons. The standard InChI is InChI=1S/C11H11ClF3N/c12-8-5-6(9-2-1-3-16-9)4-7(10(8)13)11(14)15/h4-5,9,11,16H,1-3H2/t9-/m0/s1. The quantitative estimate of drug-likeness (QED) is 0.840. The minimum Gasteiger partial charge on any atom is -0.310 e. The number of hydrogen-bond acceptors (Lipinski definition) is 1. The zero-order chi connectivity index (χ0) is 11.7. The molecule has 0 saturated carbocycles. The van der Waals surface area contributed by atoms with E-state index in [0.29, 0.717) is 5.56 Å². The summed E-state index contributed by atoms with van der Waals surface area (Å²) in [7, 11) is 0. The molecule has 0 spiro atoms. The van der Waals surface area contributed by atoms with E-state index in [4.69, 9.17) is 11.6 Å². The molecule has 0 radical (unpaired) electrons. The number of nitrogens with one attached hydrogen (secondary N) is 1. The van der Waals surface area contributed by atoms with Crippen LogP contribution in [0.15, 0.2) is 12.1 Å². The molecular formula is C11H11ClF3N. The summed E-state index contributed by atoms with van der Waals surface area (Å²) in [5, 5.41) is 2.92. The van der Waals surface area contributed by atoms with E-state index in [1.54, 1.807) is 0 Å². The summed E-state index contributed by atoms with van der Waals surface area (Å²) in [6.45, 7) is 0.851. The molecule has 0 unspecified atom stereocenters. The molecule has 1 aliphatic heterocycles. The first-order valence-electron chi connectivity index (χ1n) is 5.10. The lowest BCUT2D eigenvalue weighted by Crippen LogP contribution is -2.13. The van der Waals surface area contributed by atoms with Gasteiger partial charge in [-0.15, -0.1) is 0 Å². The van der Waals surface area contributed by atoms with Crippen molar-refractivity contribution in [2.24, 2.45) is 0 Å². The van der Waals surface area contributed by atoms with Gasteiger partial charge in [0.1, 0.15) is 0 Å². The van der Waals surface area contributed by atoms with Crippen molar-refractivity contribution >= 4 is 11.6 Å². The summed E-state index contributed by atoms with van der Waals surface area (Å²) in [5.74, 6) is -1.02. The summed E-state index contributed by atoms with van der Waals surface area (Å²) in [5.41, 5.74) is 0.0235. The maximum absolute atomic E-state index is 13.3. The van der Waals surface area contributed by atoms with E-state index in [0.717, 1.165) is 19.4 Å². The normalized spacial score (nSPS) is 20.7. The van der Waals surface area contributed by atoms with Crippen LogP contribution in [0.5, 0.6) is 0 Å². The molecule has 0 amide bonds. The van der Waals surface area contributed by atoms with Gasteiger partial charge in [0.2, 0.25) is 0 Å². The Morgan fingerprint density at radius 3 is 2.69 bits per heavy atom. The van der Waals surface area contributed by atoms with Crippen LogP contribution in [0.25, 0.3) is 0 Å². The number of alkyl halides is 2. The lowest BCUT2D eigenvalue weighted by Gasteiger charge is -2.13. The second-order valence-corrected chi connectivity index (χ2v) is 4.26. The maximum atomic E-state index is 13.3. The molecule has 1 atom stereocenters. The van der Waals surface area contributed by atoms with E-state index in [1.807, 2.05) is 0 Å². The second-order valence-electron chi connectivity index (χ2n) is 3.86. The largest absolute Gasteiger partial charge is 0.310 e. The fourth-order valence-electron chi connectivity index (χ4n) is 1.96. The third-order valence-electron chi connectivity index (χ3n) is 2.78. The molecule has 0 aromatic heterocycles. The van der Waals surface area contributed by atoms with Crippen LogP contribution in [-0.4, -0.2) is 6.54 Å². The number of benzene rings is 1. The van der Waals surface area contributed by atoms with Gasteiger partial charge in [-0.2, -0.15) is 0 Å². The van der Waals surface area contributed by atoms with E-state index in [1.165, 1.54) is 12.1 Å². The van der Waals surface area contributed by atoms with Crippen LogP contribution < -0.4 is 5.32 Å². The molecule has 1 N–H and O–H groups in total. The highest BCUT2D eigenvalue weighted by atomic mass is 35.5.